The zero-order valence-corrected chi connectivity index (χ0v) is 9.64. The predicted molar refractivity (Wildman–Crippen MR) is 56.0 cm³/mol. The molecule has 1 saturated heterocycles. The average Bonchev–Trinajstić information content (AvgIpc) is 2.12. The van der Waals surface area contributed by atoms with Crippen LogP contribution in [0.1, 0.15) is 46.5 Å². The van der Waals surface area contributed by atoms with Crippen LogP contribution in [-0.2, 0) is 9.47 Å². The van der Waals surface area contributed by atoms with Gasteiger partial charge in [-0.3, -0.25) is 0 Å². The van der Waals surface area contributed by atoms with Gasteiger partial charge >= 0.3 is 0 Å². The summed E-state index contributed by atoms with van der Waals surface area (Å²) in [5.74, 6) is 0.489. The Morgan fingerprint density at radius 2 is 1.79 bits per heavy atom. The van der Waals surface area contributed by atoms with E-state index in [0.717, 1.165) is 19.1 Å². The van der Waals surface area contributed by atoms with Crippen molar-refractivity contribution < 1.29 is 9.47 Å². The molecule has 2 rings (SSSR count). The standard InChI is InChI=1S/C12H22O2/c1-10-5-4-6-12(7-10)8-13-11(2,3)14-9-12/h10H,4-9H2,1-3H3/t10-/m1/s1. The first-order valence-electron chi connectivity index (χ1n) is 5.79. The Morgan fingerprint density at radius 3 is 2.36 bits per heavy atom. The van der Waals surface area contributed by atoms with Gasteiger partial charge in [0, 0.05) is 5.41 Å². The van der Waals surface area contributed by atoms with Crippen LogP contribution in [0, 0.1) is 11.3 Å². The molecule has 0 N–H and O–H groups in total. The predicted octanol–water partition coefficient (Wildman–Crippen LogP) is 2.97. The molecule has 2 fully saturated rings. The molecular weight excluding hydrogens is 176 g/mol. The van der Waals surface area contributed by atoms with Gasteiger partial charge in [0.05, 0.1) is 13.2 Å². The molecule has 2 heteroatoms. The van der Waals surface area contributed by atoms with Crippen LogP contribution in [0.15, 0.2) is 0 Å². The second-order valence-corrected chi connectivity index (χ2v) is 5.68. The fourth-order valence-electron chi connectivity index (χ4n) is 2.77. The molecule has 0 aromatic heterocycles. The van der Waals surface area contributed by atoms with Crippen LogP contribution in [0.4, 0.5) is 0 Å². The van der Waals surface area contributed by atoms with Gasteiger partial charge in [0.2, 0.25) is 0 Å². The molecule has 0 aromatic rings. The molecule has 82 valence electrons. The van der Waals surface area contributed by atoms with Gasteiger partial charge < -0.3 is 9.47 Å². The van der Waals surface area contributed by atoms with E-state index in [4.69, 9.17) is 9.47 Å². The quantitative estimate of drug-likeness (QED) is 0.596. The molecular formula is C12H22O2. The smallest absolute Gasteiger partial charge is 0.162 e. The van der Waals surface area contributed by atoms with Gasteiger partial charge in [0.1, 0.15) is 0 Å². The average molecular weight is 198 g/mol. The Balaban J connectivity index is 1.98. The molecule has 14 heavy (non-hydrogen) atoms. The van der Waals surface area contributed by atoms with E-state index < -0.39 is 0 Å². The van der Waals surface area contributed by atoms with Crippen molar-refractivity contribution >= 4 is 0 Å². The van der Waals surface area contributed by atoms with Crippen molar-refractivity contribution in [3.63, 3.8) is 0 Å². The van der Waals surface area contributed by atoms with Crippen molar-refractivity contribution in [1.29, 1.82) is 0 Å². The van der Waals surface area contributed by atoms with Crippen molar-refractivity contribution in [2.45, 2.75) is 52.2 Å². The lowest BCUT2D eigenvalue weighted by atomic mass is 9.70. The highest BCUT2D eigenvalue weighted by molar-refractivity contribution is 4.88. The largest absolute Gasteiger partial charge is 0.350 e. The monoisotopic (exact) mass is 198 g/mol. The maximum absolute atomic E-state index is 5.78. The third-order valence-corrected chi connectivity index (χ3v) is 3.64. The van der Waals surface area contributed by atoms with E-state index in [1.807, 2.05) is 13.8 Å². The van der Waals surface area contributed by atoms with Crippen LogP contribution in [0.5, 0.6) is 0 Å². The molecule has 1 aliphatic carbocycles. The SMILES string of the molecule is C[C@@H]1CCCC2(COC(C)(C)OC2)C1. The lowest BCUT2D eigenvalue weighted by Gasteiger charge is -2.47. The molecule has 1 atom stereocenters. The van der Waals surface area contributed by atoms with E-state index in [-0.39, 0.29) is 5.79 Å². The number of hydrogen-bond acceptors (Lipinski definition) is 2. The zero-order chi connectivity index (χ0) is 10.2. The summed E-state index contributed by atoms with van der Waals surface area (Å²) in [7, 11) is 0. The van der Waals surface area contributed by atoms with Gasteiger partial charge in [0.25, 0.3) is 0 Å². The highest BCUT2D eigenvalue weighted by Crippen LogP contribution is 2.43. The molecule has 0 amide bonds. The Hall–Kier alpha value is -0.0800. The van der Waals surface area contributed by atoms with E-state index in [1.165, 1.54) is 25.7 Å². The fraction of sp³-hybridized carbons (Fsp3) is 1.00. The van der Waals surface area contributed by atoms with E-state index in [1.54, 1.807) is 0 Å². The minimum absolute atomic E-state index is 0.340. The van der Waals surface area contributed by atoms with Crippen molar-refractivity contribution in [2.24, 2.45) is 11.3 Å². The van der Waals surface area contributed by atoms with Gasteiger partial charge in [-0.1, -0.05) is 19.8 Å². The molecule has 2 nitrogen and oxygen atoms in total. The van der Waals surface area contributed by atoms with Crippen LogP contribution >= 0.6 is 0 Å². The lowest BCUT2D eigenvalue weighted by Crippen LogP contribution is -2.48. The normalized spacial score (nSPS) is 35.8. The summed E-state index contributed by atoms with van der Waals surface area (Å²) >= 11 is 0. The molecule has 0 radical (unpaired) electrons. The Morgan fingerprint density at radius 1 is 1.14 bits per heavy atom. The van der Waals surface area contributed by atoms with Gasteiger partial charge in [-0.2, -0.15) is 0 Å². The number of rotatable bonds is 0. The van der Waals surface area contributed by atoms with Gasteiger partial charge in [-0.05, 0) is 32.6 Å². The van der Waals surface area contributed by atoms with E-state index in [0.29, 0.717) is 5.41 Å². The molecule has 1 aliphatic heterocycles. The van der Waals surface area contributed by atoms with E-state index in [9.17, 15) is 0 Å². The number of hydrogen-bond donors (Lipinski definition) is 0. The minimum atomic E-state index is -0.355. The topological polar surface area (TPSA) is 18.5 Å². The van der Waals surface area contributed by atoms with Gasteiger partial charge in [-0.25, -0.2) is 0 Å². The van der Waals surface area contributed by atoms with Crippen molar-refractivity contribution in [3.05, 3.63) is 0 Å². The summed E-state index contributed by atoms with van der Waals surface area (Å²) in [4.78, 5) is 0. The van der Waals surface area contributed by atoms with Crippen LogP contribution < -0.4 is 0 Å². The first kappa shape index (κ1) is 10.4. The summed E-state index contributed by atoms with van der Waals surface area (Å²) in [5.41, 5.74) is 0.340. The second-order valence-electron chi connectivity index (χ2n) is 5.68. The second kappa shape index (κ2) is 3.49. The maximum Gasteiger partial charge on any atom is 0.162 e. The summed E-state index contributed by atoms with van der Waals surface area (Å²) < 4.78 is 11.6. The highest BCUT2D eigenvalue weighted by atomic mass is 16.7. The van der Waals surface area contributed by atoms with Gasteiger partial charge in [-0.15, -0.1) is 0 Å². The van der Waals surface area contributed by atoms with Crippen LogP contribution in [0.25, 0.3) is 0 Å². The summed E-state index contributed by atoms with van der Waals surface area (Å²) in [6, 6.07) is 0. The number of ether oxygens (including phenoxy) is 2. The van der Waals surface area contributed by atoms with E-state index >= 15 is 0 Å². The molecule has 1 spiro atoms. The molecule has 0 aromatic carbocycles. The molecule has 1 saturated carbocycles. The van der Waals surface area contributed by atoms with Crippen LogP contribution in [0.3, 0.4) is 0 Å². The van der Waals surface area contributed by atoms with Crippen LogP contribution in [0.2, 0.25) is 0 Å². The molecule has 0 unspecified atom stereocenters. The van der Waals surface area contributed by atoms with Crippen LogP contribution in [-0.4, -0.2) is 19.0 Å². The first-order valence-corrected chi connectivity index (χ1v) is 5.79. The molecule has 2 aliphatic rings. The minimum Gasteiger partial charge on any atom is -0.350 e. The Bertz CT molecular complexity index is 200. The van der Waals surface area contributed by atoms with Crippen molar-refractivity contribution in [2.75, 3.05) is 13.2 Å². The fourth-order valence-corrected chi connectivity index (χ4v) is 2.77. The third kappa shape index (κ3) is 2.12. The summed E-state index contributed by atoms with van der Waals surface area (Å²) in [6.45, 7) is 8.15. The first-order chi connectivity index (χ1) is 6.52. The van der Waals surface area contributed by atoms with Crippen molar-refractivity contribution in [1.82, 2.24) is 0 Å². The summed E-state index contributed by atoms with van der Waals surface area (Å²) in [5, 5.41) is 0. The van der Waals surface area contributed by atoms with E-state index in [2.05, 4.69) is 6.92 Å². The van der Waals surface area contributed by atoms with Gasteiger partial charge in [0.15, 0.2) is 5.79 Å². The third-order valence-electron chi connectivity index (χ3n) is 3.64. The molecule has 1 heterocycles. The maximum atomic E-state index is 5.78. The Labute approximate surface area is 87.0 Å². The zero-order valence-electron chi connectivity index (χ0n) is 9.64. The molecule has 0 bridgehead atoms. The lowest BCUT2D eigenvalue weighted by molar-refractivity contribution is -0.291. The highest BCUT2D eigenvalue weighted by Gasteiger charge is 2.42. The Kier molecular flexibility index (Phi) is 2.61. The van der Waals surface area contributed by atoms with Crippen molar-refractivity contribution in [3.8, 4) is 0 Å². The summed E-state index contributed by atoms with van der Waals surface area (Å²) in [6.07, 6.45) is 5.29.